The number of carbonyl (C=O) groups is 3. The molecule has 1 fully saturated rings. The van der Waals surface area contributed by atoms with Crippen molar-refractivity contribution in [1.29, 1.82) is 0 Å². The third-order valence-corrected chi connectivity index (χ3v) is 5.75. The fraction of sp³-hybridized carbons (Fsp3) is 0.286. The predicted octanol–water partition coefficient (Wildman–Crippen LogP) is 3.95. The minimum Gasteiger partial charge on any atom is -0.481 e. The van der Waals surface area contributed by atoms with E-state index in [2.05, 4.69) is 5.32 Å². The van der Waals surface area contributed by atoms with E-state index in [-0.39, 0.29) is 28.0 Å². The maximum absolute atomic E-state index is 12.6. The highest BCUT2D eigenvalue weighted by molar-refractivity contribution is 8.09. The molecule has 0 saturated carbocycles. The lowest BCUT2D eigenvalue weighted by Gasteiger charge is -2.27. The number of carboxylic acid groups (broad SMARTS) is 1. The van der Waals surface area contributed by atoms with Crippen LogP contribution in [0.4, 0.5) is 4.79 Å². The van der Waals surface area contributed by atoms with Crippen molar-refractivity contribution in [3.05, 3.63) is 60.2 Å². The molecule has 1 saturated heterocycles. The summed E-state index contributed by atoms with van der Waals surface area (Å²) in [6.45, 7) is 1.00. The van der Waals surface area contributed by atoms with Gasteiger partial charge in [0.1, 0.15) is 18.0 Å². The largest absolute Gasteiger partial charge is 0.481 e. The summed E-state index contributed by atoms with van der Waals surface area (Å²) in [5.74, 6) is 0.465. The van der Waals surface area contributed by atoms with Gasteiger partial charge >= 0.3 is 17.1 Å². The van der Waals surface area contributed by atoms with Crippen molar-refractivity contribution < 1.29 is 28.1 Å². The highest BCUT2D eigenvalue weighted by Gasteiger charge is 2.45. The Hall–Kier alpha value is -2.84. The van der Waals surface area contributed by atoms with Crippen LogP contribution in [0.5, 0.6) is 11.5 Å². The average Bonchev–Trinajstić information content (AvgIpc) is 3.03. The summed E-state index contributed by atoms with van der Waals surface area (Å²) in [6.07, 6.45) is 1.01. The van der Waals surface area contributed by atoms with Crippen LogP contribution in [0.2, 0.25) is 0 Å². The standard InChI is InChI=1S/C21H22N2O5S/c24-19-7-4-14-23(19,29-21(27)22-13-12-20(25)26)15-16-8-10-18(11-9-16)28-17-5-2-1-3-6-17/h1-3,5-6,8-11H,4,7,12-15H2,(H-,22,25,26,27)/p+1. The number of carbonyl (C=O) groups excluding carboxylic acids is 2. The van der Waals surface area contributed by atoms with Gasteiger partial charge in [-0.15, -0.1) is 0 Å². The second kappa shape index (κ2) is 9.58. The molecular formula is C21H23N2O5S+. The number of nitrogens with zero attached hydrogens (tertiary/aromatic N) is 1. The number of quaternary nitrogens is 1. The normalized spacial score (nSPS) is 18.4. The van der Waals surface area contributed by atoms with Gasteiger partial charge in [-0.25, -0.2) is 4.79 Å². The Bertz CT molecular complexity index is 872. The lowest BCUT2D eigenvalue weighted by Crippen LogP contribution is -2.44. The molecule has 1 unspecified atom stereocenters. The Labute approximate surface area is 173 Å². The fourth-order valence-electron chi connectivity index (χ4n) is 3.16. The molecule has 2 N–H and O–H groups in total. The predicted molar refractivity (Wildman–Crippen MR) is 109 cm³/mol. The molecule has 8 heteroatoms. The van der Waals surface area contributed by atoms with E-state index in [1.54, 1.807) is 0 Å². The van der Waals surface area contributed by atoms with Gasteiger partial charge in [-0.3, -0.25) is 9.59 Å². The number of benzene rings is 2. The summed E-state index contributed by atoms with van der Waals surface area (Å²) in [7, 11) is 0. The average molecular weight is 415 g/mol. The van der Waals surface area contributed by atoms with Crippen LogP contribution >= 0.6 is 11.9 Å². The highest BCUT2D eigenvalue weighted by atomic mass is 32.2. The molecule has 0 bridgehead atoms. The number of rotatable bonds is 8. The van der Waals surface area contributed by atoms with Crippen molar-refractivity contribution in [1.82, 2.24) is 5.32 Å². The van der Waals surface area contributed by atoms with Gasteiger partial charge in [0.15, 0.2) is 11.9 Å². The third kappa shape index (κ3) is 5.82. The summed E-state index contributed by atoms with van der Waals surface area (Å²) in [5.41, 5.74) is 0.923. The van der Waals surface area contributed by atoms with Crippen LogP contribution in [0.25, 0.3) is 0 Å². The van der Waals surface area contributed by atoms with E-state index in [1.807, 2.05) is 54.6 Å². The van der Waals surface area contributed by atoms with Gasteiger partial charge in [0, 0.05) is 18.5 Å². The number of ether oxygens (including phenoxy) is 1. The van der Waals surface area contributed by atoms with Crippen LogP contribution in [-0.2, 0) is 16.1 Å². The summed E-state index contributed by atoms with van der Waals surface area (Å²) >= 11 is 0.930. The number of para-hydroxylation sites is 1. The van der Waals surface area contributed by atoms with E-state index in [0.717, 1.165) is 29.7 Å². The molecular weight excluding hydrogens is 392 g/mol. The smallest absolute Gasteiger partial charge is 0.336 e. The highest BCUT2D eigenvalue weighted by Crippen LogP contribution is 2.35. The van der Waals surface area contributed by atoms with Crippen molar-refractivity contribution in [2.24, 2.45) is 0 Å². The maximum atomic E-state index is 12.6. The summed E-state index contributed by atoms with van der Waals surface area (Å²) in [5, 5.41) is 10.9. The Morgan fingerprint density at radius 1 is 1.07 bits per heavy atom. The van der Waals surface area contributed by atoms with Crippen LogP contribution in [0.3, 0.4) is 0 Å². The molecule has 2 aromatic carbocycles. The van der Waals surface area contributed by atoms with Gasteiger partial charge < -0.3 is 15.2 Å². The number of hydrogen-bond acceptors (Lipinski definition) is 5. The van der Waals surface area contributed by atoms with Crippen LogP contribution in [0.1, 0.15) is 24.8 Å². The van der Waals surface area contributed by atoms with Crippen LogP contribution < -0.4 is 10.1 Å². The molecule has 0 radical (unpaired) electrons. The first-order chi connectivity index (χ1) is 14.0. The molecule has 152 valence electrons. The van der Waals surface area contributed by atoms with Crippen molar-refractivity contribution >= 4 is 29.1 Å². The van der Waals surface area contributed by atoms with Gasteiger partial charge in [-0.05, 0) is 36.4 Å². The zero-order chi connectivity index (χ0) is 20.7. The van der Waals surface area contributed by atoms with E-state index < -0.39 is 5.97 Å². The summed E-state index contributed by atoms with van der Waals surface area (Å²) in [6, 6.07) is 16.9. The second-order valence-corrected chi connectivity index (χ2v) is 8.03. The molecule has 1 aliphatic rings. The first-order valence-corrected chi connectivity index (χ1v) is 10.2. The maximum Gasteiger partial charge on any atom is 0.336 e. The SMILES string of the molecule is O=C(O)CCNC(=O)S[N+]1(Cc2ccc(Oc3ccccc3)cc2)CCCC1=O. The van der Waals surface area contributed by atoms with Gasteiger partial charge in [-0.1, -0.05) is 18.2 Å². The number of amides is 2. The summed E-state index contributed by atoms with van der Waals surface area (Å²) in [4.78, 5) is 35.4. The van der Waals surface area contributed by atoms with Crippen molar-refractivity contribution in [3.8, 4) is 11.5 Å². The fourth-order valence-corrected chi connectivity index (χ4v) is 4.27. The molecule has 1 aliphatic heterocycles. The molecule has 2 amide bonds. The zero-order valence-electron chi connectivity index (χ0n) is 15.9. The molecule has 0 aromatic heterocycles. The first kappa shape index (κ1) is 20.9. The monoisotopic (exact) mass is 415 g/mol. The number of hydrogen-bond donors (Lipinski definition) is 2. The first-order valence-electron chi connectivity index (χ1n) is 9.38. The third-order valence-electron chi connectivity index (χ3n) is 4.57. The Morgan fingerprint density at radius 2 is 1.76 bits per heavy atom. The Morgan fingerprint density at radius 3 is 2.38 bits per heavy atom. The van der Waals surface area contributed by atoms with Crippen molar-refractivity contribution in [2.45, 2.75) is 25.8 Å². The van der Waals surface area contributed by atoms with Gasteiger partial charge in [0.25, 0.3) is 0 Å². The molecule has 1 atom stereocenters. The summed E-state index contributed by atoms with van der Waals surface area (Å²) < 4.78 is 5.77. The zero-order valence-corrected chi connectivity index (χ0v) is 16.7. The molecule has 1 heterocycles. The van der Waals surface area contributed by atoms with E-state index in [9.17, 15) is 14.4 Å². The van der Waals surface area contributed by atoms with E-state index in [0.29, 0.717) is 25.3 Å². The number of likely N-dealkylation sites (tertiary alicyclic amines) is 1. The molecule has 3 rings (SSSR count). The Kier molecular flexibility index (Phi) is 6.90. The van der Waals surface area contributed by atoms with Gasteiger partial charge in [-0.2, -0.15) is 3.89 Å². The molecule has 2 aromatic rings. The molecule has 29 heavy (non-hydrogen) atoms. The topological polar surface area (TPSA) is 92.7 Å². The molecule has 7 nitrogen and oxygen atoms in total. The van der Waals surface area contributed by atoms with E-state index >= 15 is 0 Å². The molecule has 0 aliphatic carbocycles. The van der Waals surface area contributed by atoms with Crippen LogP contribution in [-0.4, -0.2) is 39.2 Å². The van der Waals surface area contributed by atoms with E-state index in [1.165, 1.54) is 0 Å². The Balaban J connectivity index is 1.65. The van der Waals surface area contributed by atoms with Gasteiger partial charge in [0.2, 0.25) is 0 Å². The van der Waals surface area contributed by atoms with Crippen LogP contribution in [0.15, 0.2) is 54.6 Å². The van der Waals surface area contributed by atoms with Crippen LogP contribution in [0, 0.1) is 0 Å². The number of aliphatic carboxylic acids is 1. The minimum absolute atomic E-state index is 0.00740. The minimum atomic E-state index is -0.978. The number of carboxylic acids is 1. The van der Waals surface area contributed by atoms with Crippen molar-refractivity contribution in [2.75, 3.05) is 13.1 Å². The lowest BCUT2D eigenvalue weighted by molar-refractivity contribution is -0.720. The second-order valence-electron chi connectivity index (χ2n) is 6.78. The molecule has 0 spiro atoms. The number of nitrogens with one attached hydrogen (secondary N) is 1. The van der Waals surface area contributed by atoms with E-state index in [4.69, 9.17) is 9.84 Å². The lowest BCUT2D eigenvalue weighted by atomic mass is 10.2. The van der Waals surface area contributed by atoms with Gasteiger partial charge in [0.05, 0.1) is 19.4 Å². The quantitative estimate of drug-likeness (QED) is 0.501. The van der Waals surface area contributed by atoms with Crippen molar-refractivity contribution in [3.63, 3.8) is 0 Å².